The van der Waals surface area contributed by atoms with Crippen LogP contribution in [0.2, 0.25) is 0 Å². The molecule has 0 saturated heterocycles. The molecule has 1 atom stereocenters. The highest BCUT2D eigenvalue weighted by atomic mass is 16.5. The van der Waals surface area contributed by atoms with E-state index in [0.717, 1.165) is 5.56 Å². The molecule has 1 aromatic carbocycles. The van der Waals surface area contributed by atoms with Crippen LogP contribution in [0.1, 0.15) is 19.4 Å². The SMILES string of the molecule is CC(=O)OC(C)/C=C/C#Cc1ccccc1. The van der Waals surface area contributed by atoms with Crippen molar-refractivity contribution in [1.29, 1.82) is 0 Å². The predicted octanol–water partition coefficient (Wildman–Crippen LogP) is 2.55. The van der Waals surface area contributed by atoms with Gasteiger partial charge in [-0.05, 0) is 31.2 Å². The molecule has 0 aliphatic carbocycles. The van der Waals surface area contributed by atoms with Crippen molar-refractivity contribution in [2.24, 2.45) is 0 Å². The van der Waals surface area contributed by atoms with Crippen molar-refractivity contribution in [2.75, 3.05) is 0 Å². The maximum Gasteiger partial charge on any atom is 0.303 e. The Labute approximate surface area is 95.9 Å². The van der Waals surface area contributed by atoms with E-state index in [1.165, 1.54) is 6.92 Å². The van der Waals surface area contributed by atoms with Gasteiger partial charge in [-0.3, -0.25) is 4.79 Å². The maximum atomic E-state index is 10.6. The third kappa shape index (κ3) is 5.02. The number of carbonyl (C=O) groups is 1. The monoisotopic (exact) mass is 214 g/mol. The van der Waals surface area contributed by atoms with Crippen LogP contribution in [0, 0.1) is 11.8 Å². The van der Waals surface area contributed by atoms with Gasteiger partial charge in [0, 0.05) is 12.5 Å². The van der Waals surface area contributed by atoms with Crippen molar-refractivity contribution in [2.45, 2.75) is 20.0 Å². The predicted molar refractivity (Wildman–Crippen MR) is 63.7 cm³/mol. The molecule has 1 rings (SSSR count). The van der Waals surface area contributed by atoms with Crippen molar-refractivity contribution in [3.63, 3.8) is 0 Å². The summed E-state index contributed by atoms with van der Waals surface area (Å²) in [6.45, 7) is 3.18. The van der Waals surface area contributed by atoms with Crippen LogP contribution in [0.25, 0.3) is 0 Å². The summed E-state index contributed by atoms with van der Waals surface area (Å²) >= 11 is 0. The summed E-state index contributed by atoms with van der Waals surface area (Å²) in [5.41, 5.74) is 0.965. The first kappa shape index (κ1) is 12.1. The van der Waals surface area contributed by atoms with Gasteiger partial charge in [-0.2, -0.15) is 0 Å². The lowest BCUT2D eigenvalue weighted by Gasteiger charge is -2.04. The number of allylic oxidation sites excluding steroid dienone is 1. The normalized spacial score (nSPS) is 11.6. The lowest BCUT2D eigenvalue weighted by molar-refractivity contribution is -0.143. The van der Waals surface area contributed by atoms with Crippen LogP contribution in [0.4, 0.5) is 0 Å². The Kier molecular flexibility index (Phi) is 4.88. The average Bonchev–Trinajstić information content (AvgIpc) is 2.25. The van der Waals surface area contributed by atoms with Gasteiger partial charge in [0.15, 0.2) is 0 Å². The highest BCUT2D eigenvalue weighted by Gasteiger charge is 1.97. The quantitative estimate of drug-likeness (QED) is 0.558. The molecule has 2 nitrogen and oxygen atoms in total. The third-order valence-corrected chi connectivity index (χ3v) is 1.79. The van der Waals surface area contributed by atoms with E-state index in [1.54, 1.807) is 19.1 Å². The molecule has 0 amide bonds. The molecule has 0 aromatic heterocycles. The fourth-order valence-electron chi connectivity index (χ4n) is 1.13. The molecule has 0 bridgehead atoms. The van der Waals surface area contributed by atoms with Crippen molar-refractivity contribution in [1.82, 2.24) is 0 Å². The first-order chi connectivity index (χ1) is 7.68. The Morgan fingerprint density at radius 2 is 2.06 bits per heavy atom. The lowest BCUT2D eigenvalue weighted by atomic mass is 10.2. The van der Waals surface area contributed by atoms with E-state index < -0.39 is 0 Å². The Hall–Kier alpha value is -2.01. The summed E-state index contributed by atoms with van der Waals surface area (Å²) < 4.78 is 4.91. The fourth-order valence-corrected chi connectivity index (χ4v) is 1.13. The summed E-state index contributed by atoms with van der Waals surface area (Å²) in [6, 6.07) is 9.71. The van der Waals surface area contributed by atoms with E-state index in [1.807, 2.05) is 30.3 Å². The van der Waals surface area contributed by atoms with Crippen molar-refractivity contribution in [3.8, 4) is 11.8 Å². The van der Waals surface area contributed by atoms with Gasteiger partial charge in [0.25, 0.3) is 0 Å². The number of rotatable bonds is 2. The smallest absolute Gasteiger partial charge is 0.303 e. The minimum atomic E-state index is -0.284. The van der Waals surface area contributed by atoms with Crippen molar-refractivity contribution < 1.29 is 9.53 Å². The van der Waals surface area contributed by atoms with Gasteiger partial charge in [-0.1, -0.05) is 30.0 Å². The zero-order chi connectivity index (χ0) is 11.8. The van der Waals surface area contributed by atoms with E-state index in [4.69, 9.17) is 4.74 Å². The summed E-state index contributed by atoms with van der Waals surface area (Å²) in [6.07, 6.45) is 3.21. The van der Waals surface area contributed by atoms with Crippen LogP contribution < -0.4 is 0 Å². The van der Waals surface area contributed by atoms with Crippen LogP contribution in [-0.2, 0) is 9.53 Å². The molecule has 1 aromatic rings. The van der Waals surface area contributed by atoms with Crippen LogP contribution in [-0.4, -0.2) is 12.1 Å². The van der Waals surface area contributed by atoms with Crippen LogP contribution >= 0.6 is 0 Å². The summed E-state index contributed by atoms with van der Waals surface area (Å²) in [4.78, 5) is 10.6. The molecule has 0 saturated carbocycles. The molecule has 0 heterocycles. The molecule has 0 spiro atoms. The largest absolute Gasteiger partial charge is 0.459 e. The van der Waals surface area contributed by atoms with E-state index in [-0.39, 0.29) is 12.1 Å². The molecule has 0 aliphatic heterocycles. The Bertz CT molecular complexity index is 421. The van der Waals surface area contributed by atoms with E-state index in [9.17, 15) is 4.79 Å². The van der Waals surface area contributed by atoms with Crippen LogP contribution in [0.15, 0.2) is 42.5 Å². The van der Waals surface area contributed by atoms with E-state index in [0.29, 0.717) is 0 Å². The molecule has 0 aliphatic rings. The van der Waals surface area contributed by atoms with Gasteiger partial charge in [0.1, 0.15) is 6.10 Å². The van der Waals surface area contributed by atoms with Gasteiger partial charge in [0.05, 0.1) is 0 Å². The number of hydrogen-bond acceptors (Lipinski definition) is 2. The summed E-state index contributed by atoms with van der Waals surface area (Å²) in [7, 11) is 0. The average molecular weight is 214 g/mol. The number of carbonyl (C=O) groups excluding carboxylic acids is 1. The highest BCUT2D eigenvalue weighted by molar-refractivity contribution is 5.66. The molecule has 1 unspecified atom stereocenters. The topological polar surface area (TPSA) is 26.3 Å². The van der Waals surface area contributed by atoms with Crippen molar-refractivity contribution >= 4 is 5.97 Å². The van der Waals surface area contributed by atoms with Gasteiger partial charge in [-0.25, -0.2) is 0 Å². The third-order valence-electron chi connectivity index (χ3n) is 1.79. The van der Waals surface area contributed by atoms with E-state index in [2.05, 4.69) is 11.8 Å². The molecule has 0 fully saturated rings. The Morgan fingerprint density at radius 3 is 2.69 bits per heavy atom. The molecule has 0 N–H and O–H groups in total. The summed E-state index contributed by atoms with van der Waals surface area (Å²) in [5.74, 6) is 5.58. The van der Waals surface area contributed by atoms with E-state index >= 15 is 0 Å². The molecular weight excluding hydrogens is 200 g/mol. The number of benzene rings is 1. The molecule has 16 heavy (non-hydrogen) atoms. The lowest BCUT2D eigenvalue weighted by Crippen LogP contribution is -2.08. The second kappa shape index (κ2) is 6.47. The van der Waals surface area contributed by atoms with Gasteiger partial charge in [-0.15, -0.1) is 0 Å². The zero-order valence-corrected chi connectivity index (χ0v) is 9.44. The minimum Gasteiger partial charge on any atom is -0.459 e. The number of esters is 1. The first-order valence-corrected chi connectivity index (χ1v) is 5.09. The van der Waals surface area contributed by atoms with Crippen LogP contribution in [0.3, 0.4) is 0 Å². The molecule has 2 heteroatoms. The van der Waals surface area contributed by atoms with Crippen molar-refractivity contribution in [3.05, 3.63) is 48.0 Å². The second-order valence-electron chi connectivity index (χ2n) is 3.31. The van der Waals surface area contributed by atoms with Gasteiger partial charge in [0.2, 0.25) is 0 Å². The molecule has 82 valence electrons. The van der Waals surface area contributed by atoms with Gasteiger partial charge < -0.3 is 4.74 Å². The highest BCUT2D eigenvalue weighted by Crippen LogP contribution is 1.95. The Morgan fingerprint density at radius 1 is 1.38 bits per heavy atom. The Balaban J connectivity index is 2.48. The molecule has 0 radical (unpaired) electrons. The number of ether oxygens (including phenoxy) is 1. The van der Waals surface area contributed by atoms with Crippen LogP contribution in [0.5, 0.6) is 0 Å². The second-order valence-corrected chi connectivity index (χ2v) is 3.31. The zero-order valence-electron chi connectivity index (χ0n) is 9.44. The molecular formula is C14H14O2. The van der Waals surface area contributed by atoms with Gasteiger partial charge >= 0.3 is 5.97 Å². The number of hydrogen-bond donors (Lipinski definition) is 0. The summed E-state index contributed by atoms with van der Waals surface area (Å²) in [5, 5.41) is 0. The minimum absolute atomic E-state index is 0.234. The fraction of sp³-hybridized carbons (Fsp3) is 0.214. The standard InChI is InChI=1S/C14H14O2/c1-12(16-13(2)15)8-6-7-11-14-9-4-3-5-10-14/h3-6,8-10,12H,1-2H3/b8-6+. The first-order valence-electron chi connectivity index (χ1n) is 5.09. The maximum absolute atomic E-state index is 10.6.